The zero-order valence-electron chi connectivity index (χ0n) is 67.1. The minimum atomic E-state index is -0.476. The molecular formula is C101H77N5O18. The zero-order chi connectivity index (χ0) is 88.3. The second-order valence-electron chi connectivity index (χ2n) is 27.9. The van der Waals surface area contributed by atoms with E-state index >= 15 is 0 Å². The number of rotatable bonds is 16. The van der Waals surface area contributed by atoms with Gasteiger partial charge in [-0.2, -0.15) is 0 Å². The summed E-state index contributed by atoms with van der Waals surface area (Å²) in [6.07, 6.45) is 12.4. The lowest BCUT2D eigenvalue weighted by molar-refractivity contribution is 0.0599. The molecule has 23 nitrogen and oxygen atoms in total. The van der Waals surface area contributed by atoms with Crippen LogP contribution in [0.25, 0.3) is 120 Å². The van der Waals surface area contributed by atoms with E-state index in [9.17, 15) is 73.8 Å². The highest BCUT2D eigenvalue weighted by molar-refractivity contribution is 6.08. The van der Waals surface area contributed by atoms with Crippen LogP contribution < -0.4 is 15.2 Å². The van der Waals surface area contributed by atoms with Crippen LogP contribution in [-0.4, -0.2) is 141 Å². The smallest absolute Gasteiger partial charge is 0.337 e. The van der Waals surface area contributed by atoms with Gasteiger partial charge in [-0.1, -0.05) is 152 Å². The predicted molar refractivity (Wildman–Crippen MR) is 478 cm³/mol. The number of phenols is 6. The highest BCUT2D eigenvalue weighted by Crippen LogP contribution is 2.40. The van der Waals surface area contributed by atoms with Gasteiger partial charge in [-0.3, -0.25) is 43.3 Å². The maximum Gasteiger partial charge on any atom is 0.337 e. The van der Waals surface area contributed by atoms with Gasteiger partial charge in [-0.05, 0) is 218 Å². The lowest BCUT2D eigenvalue weighted by Gasteiger charge is -2.11. The van der Waals surface area contributed by atoms with Gasteiger partial charge in [0.2, 0.25) is 5.91 Å². The minimum Gasteiger partial charge on any atom is -0.507 e. The fraction of sp³-hybridized carbons (Fsp3) is 0.0495. The van der Waals surface area contributed by atoms with Gasteiger partial charge in [-0.25, -0.2) is 14.8 Å². The summed E-state index contributed by atoms with van der Waals surface area (Å²) in [6, 6.07) is 77.5. The Morgan fingerprint density at radius 1 is 0.315 bits per heavy atom. The molecule has 614 valence electrons. The fourth-order valence-corrected chi connectivity index (χ4v) is 13.9. The van der Waals surface area contributed by atoms with Gasteiger partial charge in [0.1, 0.15) is 29.3 Å². The fourth-order valence-electron chi connectivity index (χ4n) is 13.9. The van der Waals surface area contributed by atoms with Crippen molar-refractivity contribution in [2.45, 2.75) is 0 Å². The third-order valence-electron chi connectivity index (χ3n) is 20.3. The van der Waals surface area contributed by atoms with Crippen LogP contribution in [0.3, 0.4) is 0 Å². The molecule has 0 unspecified atom stereocenters. The minimum absolute atomic E-state index is 0.00158. The van der Waals surface area contributed by atoms with Crippen molar-refractivity contribution in [2.75, 3.05) is 35.4 Å². The molecule has 17 aromatic rings. The number of benzene rings is 15. The van der Waals surface area contributed by atoms with Crippen LogP contribution in [0.15, 0.2) is 292 Å². The SMILES string of the molecule is CN(C)C(=O)c1ccc(-c2ccc3c(C=O)c(O)ccc3c2)cc1.COC(=O)c1cccc(-c2ccc3c(C=O)c(O)ccc3c2)c1.COc1cc2cc(-c3ccc(C(N)=O)cc3)ccc2c(C=O)c1O.COc1cc2ccccc2c(C=O)c1O.O=Cc1c(O)ccc2cc(-c3cccnc3)ccc12.O=Cc1c(O)ccc2cc(-c3cncnc3)ccc12. The van der Waals surface area contributed by atoms with Gasteiger partial charge in [0.05, 0.1) is 60.3 Å². The van der Waals surface area contributed by atoms with Crippen LogP contribution in [0.4, 0.5) is 0 Å². The normalized spacial score (nSPS) is 10.5. The van der Waals surface area contributed by atoms with Crippen LogP contribution in [0.1, 0.15) is 93.2 Å². The van der Waals surface area contributed by atoms with Crippen LogP contribution >= 0.6 is 0 Å². The molecular weight excluding hydrogens is 1570 g/mol. The van der Waals surface area contributed by atoms with Crippen molar-refractivity contribution < 1.29 is 88.0 Å². The molecule has 0 spiro atoms. The van der Waals surface area contributed by atoms with E-state index in [0.717, 1.165) is 104 Å². The second-order valence-corrected chi connectivity index (χ2v) is 27.9. The van der Waals surface area contributed by atoms with E-state index in [0.29, 0.717) is 93.0 Å². The van der Waals surface area contributed by atoms with Crippen molar-refractivity contribution in [1.29, 1.82) is 0 Å². The first-order valence-corrected chi connectivity index (χ1v) is 38.0. The first kappa shape index (κ1) is 86.3. The van der Waals surface area contributed by atoms with E-state index in [2.05, 4.69) is 15.0 Å². The number of ether oxygens (including phenoxy) is 3. The number of aromatic nitrogens is 3. The molecule has 124 heavy (non-hydrogen) atoms. The Balaban J connectivity index is 0.000000136. The molecule has 8 N–H and O–H groups in total. The van der Waals surface area contributed by atoms with E-state index in [4.69, 9.17) is 19.9 Å². The molecule has 0 aliphatic carbocycles. The van der Waals surface area contributed by atoms with Crippen molar-refractivity contribution in [1.82, 2.24) is 19.9 Å². The van der Waals surface area contributed by atoms with Gasteiger partial charge >= 0.3 is 5.97 Å². The monoisotopic (exact) mass is 1650 g/mol. The number of pyridine rings is 1. The summed E-state index contributed by atoms with van der Waals surface area (Å²) < 4.78 is 14.8. The number of nitrogens with two attached hydrogens (primary N) is 1. The molecule has 0 aliphatic rings. The van der Waals surface area contributed by atoms with Gasteiger partial charge in [-0.15, -0.1) is 0 Å². The molecule has 0 saturated carbocycles. The number of nitrogens with zero attached hydrogens (tertiary/aromatic N) is 4. The number of aldehydes is 6. The quantitative estimate of drug-likeness (QED) is 0.0349. The molecule has 2 amide bonds. The molecule has 2 heterocycles. The Hall–Kier alpha value is -17.1. The largest absolute Gasteiger partial charge is 0.507 e. The summed E-state index contributed by atoms with van der Waals surface area (Å²) in [5.74, 6) is -0.658. The van der Waals surface area contributed by atoms with E-state index < -0.39 is 5.91 Å². The number of hydrogen-bond acceptors (Lipinski definition) is 21. The number of primary amides is 1. The number of amides is 2. The van der Waals surface area contributed by atoms with Gasteiger partial charge < -0.3 is 55.5 Å². The first-order valence-electron chi connectivity index (χ1n) is 38.0. The molecule has 15 aromatic carbocycles. The highest BCUT2D eigenvalue weighted by Gasteiger charge is 2.19. The number of hydrogen-bond donors (Lipinski definition) is 7. The van der Waals surface area contributed by atoms with Crippen molar-refractivity contribution in [3.05, 3.63) is 342 Å². The molecule has 23 heteroatoms. The van der Waals surface area contributed by atoms with Crippen LogP contribution in [0.5, 0.6) is 46.0 Å². The number of phenolic OH excluding ortho intramolecular Hbond substituents is 6. The highest BCUT2D eigenvalue weighted by atomic mass is 16.5. The number of fused-ring (bicyclic) bond motifs is 6. The molecule has 0 aliphatic heterocycles. The van der Waals surface area contributed by atoms with Crippen LogP contribution in [0, 0.1) is 0 Å². The Morgan fingerprint density at radius 2 is 0.653 bits per heavy atom. The average molecular weight is 1650 g/mol. The van der Waals surface area contributed by atoms with E-state index in [-0.39, 0.29) is 68.8 Å². The summed E-state index contributed by atoms with van der Waals surface area (Å²) in [6.45, 7) is 0. The average Bonchev–Trinajstić information content (AvgIpc) is 0.761. The number of methoxy groups -OCH3 is 3. The maximum absolute atomic E-state index is 11.9. The third kappa shape index (κ3) is 19.2. The Labute approximate surface area is 709 Å². The van der Waals surface area contributed by atoms with Gasteiger partial charge in [0.25, 0.3) is 5.91 Å². The molecule has 0 fully saturated rings. The summed E-state index contributed by atoms with van der Waals surface area (Å²) in [7, 11) is 7.68. The molecule has 0 radical (unpaired) electrons. The lowest BCUT2D eigenvalue weighted by Crippen LogP contribution is -2.21. The van der Waals surface area contributed by atoms with Gasteiger partial charge in [0.15, 0.2) is 60.7 Å². The Kier molecular flexibility index (Phi) is 27.4. The van der Waals surface area contributed by atoms with Crippen LogP contribution in [0.2, 0.25) is 0 Å². The number of esters is 1. The van der Waals surface area contributed by atoms with E-state index in [1.54, 1.807) is 159 Å². The second kappa shape index (κ2) is 39.4. The Morgan fingerprint density at radius 3 is 1.05 bits per heavy atom. The summed E-state index contributed by atoms with van der Waals surface area (Å²) in [5, 5.41) is 68.0. The summed E-state index contributed by atoms with van der Waals surface area (Å²) in [5.41, 5.74) is 17.9. The molecule has 0 saturated heterocycles. The molecule has 0 bridgehead atoms. The maximum atomic E-state index is 11.9. The van der Waals surface area contributed by atoms with Crippen molar-refractivity contribution >= 4 is 120 Å². The van der Waals surface area contributed by atoms with Crippen LogP contribution in [-0.2, 0) is 4.74 Å². The molecule has 2 aromatic heterocycles. The lowest BCUT2D eigenvalue weighted by atomic mass is 9.97. The van der Waals surface area contributed by atoms with E-state index in [1.165, 1.54) is 45.9 Å². The van der Waals surface area contributed by atoms with Gasteiger partial charge in [0, 0.05) is 61.1 Å². The molecule has 0 atom stereocenters. The number of aromatic hydroxyl groups is 6. The van der Waals surface area contributed by atoms with Crippen molar-refractivity contribution in [3.8, 4) is 102 Å². The zero-order valence-corrected chi connectivity index (χ0v) is 67.1. The topological polar surface area (TPSA) is 371 Å². The summed E-state index contributed by atoms with van der Waals surface area (Å²) in [4.78, 5) is 115. The number of carbonyl (C=O) groups excluding carboxylic acids is 9. The van der Waals surface area contributed by atoms with Crippen molar-refractivity contribution in [3.63, 3.8) is 0 Å². The third-order valence-corrected chi connectivity index (χ3v) is 20.3. The standard InChI is InChI=1S/C20H17NO3.C19H15NO4.C19H14O4.C16H11NO2.C15H10N2O2.C12H10O3/c1-21(2)20(24)14-5-3-13(4-6-14)15-7-9-17-16(11-15)8-10-19(23)18(17)12-22;1-24-17-9-14-8-13(6-7-15(14)16(10-21)18(17)22)11-2-4-12(5-3-11)19(20)23;1-23-19(22)15-4-2-3-12(10-15)13-5-7-16-14(9-13)6-8-18(21)17(16)11-20;18-10-15-14-5-3-11(13-2-1-7-17-9-13)8-12(14)4-6-16(15)19;18-8-14-13-3-1-10(12-6-16-9-17-7-12)5-11(13)2-4-15(14)19;1-15-11-6-8-4-2-3-5-9(8)10(7-13)12(11)14/h3-12,23H,1-2H3;2-10,22H,1H3,(H2,20,23);2-11,21H,1H3;1-10,19H;1-9,19H;2-7,14H,1H3. The molecule has 17 rings (SSSR count). The Bertz CT molecular complexity index is 6810. The van der Waals surface area contributed by atoms with E-state index in [1.807, 2.05) is 127 Å². The number of carbonyl (C=O) groups is 9. The first-order chi connectivity index (χ1) is 60.0. The van der Waals surface area contributed by atoms with Crippen molar-refractivity contribution in [2.24, 2.45) is 5.73 Å². The predicted octanol–water partition coefficient (Wildman–Crippen LogP) is 19.3. The summed E-state index contributed by atoms with van der Waals surface area (Å²) >= 11 is 0.